The number of carbonyl (C=O) groups excluding carboxylic acids is 1. The summed E-state index contributed by atoms with van der Waals surface area (Å²) in [5, 5.41) is 5.59. The summed E-state index contributed by atoms with van der Waals surface area (Å²) in [7, 11) is 0. The van der Waals surface area contributed by atoms with Gasteiger partial charge in [-0.15, -0.1) is 0 Å². The molecule has 154 valence electrons. The van der Waals surface area contributed by atoms with Crippen molar-refractivity contribution in [1.29, 1.82) is 0 Å². The molecule has 0 fully saturated rings. The van der Waals surface area contributed by atoms with Crippen molar-refractivity contribution in [2.75, 3.05) is 10.6 Å². The second-order valence-electron chi connectivity index (χ2n) is 6.82. The summed E-state index contributed by atoms with van der Waals surface area (Å²) < 4.78 is 6.03. The van der Waals surface area contributed by atoms with E-state index < -0.39 is 0 Å². The monoisotopic (exact) mass is 410 g/mol. The lowest BCUT2D eigenvalue weighted by Crippen LogP contribution is -2.19. The molecule has 2 amide bonds. The van der Waals surface area contributed by atoms with E-state index in [4.69, 9.17) is 4.74 Å². The lowest BCUT2D eigenvalue weighted by molar-refractivity contribution is 0.262. The van der Waals surface area contributed by atoms with E-state index in [0.29, 0.717) is 17.3 Å². The maximum absolute atomic E-state index is 12.1. The topological polar surface area (TPSA) is 76.1 Å². The molecule has 0 saturated heterocycles. The fourth-order valence-electron chi connectivity index (χ4n) is 3.06. The molecule has 6 nitrogen and oxygen atoms in total. The zero-order valence-electron chi connectivity index (χ0n) is 17.1. The first-order chi connectivity index (χ1) is 15.2. The second-order valence-corrected chi connectivity index (χ2v) is 6.82. The van der Waals surface area contributed by atoms with Crippen LogP contribution in [0.3, 0.4) is 0 Å². The van der Waals surface area contributed by atoms with Crippen LogP contribution in [0.15, 0.2) is 91.3 Å². The third-order valence-electron chi connectivity index (χ3n) is 4.62. The van der Waals surface area contributed by atoms with Gasteiger partial charge in [0.2, 0.25) is 5.88 Å². The van der Waals surface area contributed by atoms with E-state index in [2.05, 4.69) is 27.5 Å². The zero-order valence-corrected chi connectivity index (χ0v) is 17.1. The Morgan fingerprint density at radius 2 is 1.58 bits per heavy atom. The van der Waals surface area contributed by atoms with Crippen molar-refractivity contribution in [3.63, 3.8) is 0 Å². The van der Waals surface area contributed by atoms with E-state index in [1.54, 1.807) is 36.7 Å². The van der Waals surface area contributed by atoms with Crippen LogP contribution in [0.25, 0.3) is 11.1 Å². The maximum Gasteiger partial charge on any atom is 0.323 e. The smallest absolute Gasteiger partial charge is 0.323 e. The highest BCUT2D eigenvalue weighted by Gasteiger charge is 2.10. The quantitative estimate of drug-likeness (QED) is 0.400. The maximum atomic E-state index is 12.1. The van der Waals surface area contributed by atoms with Crippen molar-refractivity contribution in [1.82, 2.24) is 9.97 Å². The number of para-hydroxylation sites is 1. The largest absolute Gasteiger partial charge is 0.438 e. The van der Waals surface area contributed by atoms with Crippen LogP contribution in [0.2, 0.25) is 0 Å². The fraction of sp³-hybridized carbons (Fsp3) is 0.0800. The van der Waals surface area contributed by atoms with Gasteiger partial charge in [0.15, 0.2) is 0 Å². The Morgan fingerprint density at radius 1 is 0.839 bits per heavy atom. The van der Waals surface area contributed by atoms with Crippen LogP contribution in [-0.4, -0.2) is 16.0 Å². The second kappa shape index (κ2) is 9.54. The van der Waals surface area contributed by atoms with Crippen molar-refractivity contribution >= 4 is 17.4 Å². The van der Waals surface area contributed by atoms with Gasteiger partial charge in [0.1, 0.15) is 5.75 Å². The first-order valence-corrected chi connectivity index (χ1v) is 10.0. The summed E-state index contributed by atoms with van der Waals surface area (Å²) in [6, 6.07) is 24.0. The van der Waals surface area contributed by atoms with Gasteiger partial charge in [-0.25, -0.2) is 9.78 Å². The van der Waals surface area contributed by atoms with Gasteiger partial charge in [0.05, 0.1) is 0 Å². The van der Waals surface area contributed by atoms with Gasteiger partial charge in [-0.3, -0.25) is 4.98 Å². The third kappa shape index (κ3) is 5.25. The van der Waals surface area contributed by atoms with Gasteiger partial charge in [-0.2, -0.15) is 0 Å². The van der Waals surface area contributed by atoms with E-state index >= 15 is 0 Å². The molecular formula is C25H22N4O2. The highest BCUT2D eigenvalue weighted by atomic mass is 16.5. The fourth-order valence-corrected chi connectivity index (χ4v) is 3.06. The lowest BCUT2D eigenvalue weighted by Gasteiger charge is -2.12. The summed E-state index contributed by atoms with van der Waals surface area (Å²) in [5.74, 6) is 1.14. The van der Waals surface area contributed by atoms with Crippen molar-refractivity contribution in [3.05, 3.63) is 97.0 Å². The number of carbonyl (C=O) groups is 1. The Bertz CT molecular complexity index is 1160. The normalized spacial score (nSPS) is 10.4. The molecule has 0 aliphatic heterocycles. The number of hydrogen-bond acceptors (Lipinski definition) is 4. The molecule has 6 heteroatoms. The molecule has 0 radical (unpaired) electrons. The van der Waals surface area contributed by atoms with Crippen molar-refractivity contribution in [3.8, 4) is 22.8 Å². The number of anilines is 2. The van der Waals surface area contributed by atoms with E-state index in [0.717, 1.165) is 28.9 Å². The summed E-state index contributed by atoms with van der Waals surface area (Å²) in [6.07, 6.45) is 4.35. The minimum atomic E-state index is -0.309. The Morgan fingerprint density at radius 3 is 2.32 bits per heavy atom. The molecule has 31 heavy (non-hydrogen) atoms. The highest BCUT2D eigenvalue weighted by Crippen LogP contribution is 2.31. The predicted octanol–water partition coefficient (Wildman–Crippen LogP) is 6.14. The number of nitrogens with one attached hydrogen (secondary N) is 2. The van der Waals surface area contributed by atoms with E-state index in [1.807, 2.05) is 54.6 Å². The lowest BCUT2D eigenvalue weighted by atomic mass is 10.1. The highest BCUT2D eigenvalue weighted by molar-refractivity contribution is 5.99. The van der Waals surface area contributed by atoms with Gasteiger partial charge in [-0.05, 0) is 72.6 Å². The minimum Gasteiger partial charge on any atom is -0.438 e. The van der Waals surface area contributed by atoms with Crippen LogP contribution in [0.4, 0.5) is 16.2 Å². The van der Waals surface area contributed by atoms with Crippen molar-refractivity contribution in [2.45, 2.75) is 13.3 Å². The molecule has 2 aromatic carbocycles. The summed E-state index contributed by atoms with van der Waals surface area (Å²) >= 11 is 0. The van der Waals surface area contributed by atoms with Crippen molar-refractivity contribution < 1.29 is 9.53 Å². The van der Waals surface area contributed by atoms with Gasteiger partial charge in [0.25, 0.3) is 0 Å². The van der Waals surface area contributed by atoms with Gasteiger partial charge >= 0.3 is 6.03 Å². The molecule has 0 saturated carbocycles. The Hall–Kier alpha value is -4.19. The number of urea groups is 1. The van der Waals surface area contributed by atoms with Crippen LogP contribution in [0.1, 0.15) is 12.6 Å². The zero-order chi connectivity index (χ0) is 21.5. The molecule has 2 heterocycles. The standard InChI is InChI=1S/C25H22N4O2/c1-2-19-17-18(14-16-26-19)23-9-6-15-27-24(23)31-22-12-10-21(11-13-22)29-25(30)28-20-7-4-3-5-8-20/h3-17H,2H2,1H3,(H2,28,29,30). The number of pyridine rings is 2. The number of rotatable bonds is 6. The first kappa shape index (κ1) is 20.1. The number of aryl methyl sites for hydroxylation is 1. The molecule has 2 N–H and O–H groups in total. The summed E-state index contributed by atoms with van der Waals surface area (Å²) in [5.41, 5.74) is 4.29. The van der Waals surface area contributed by atoms with Crippen LogP contribution in [0, 0.1) is 0 Å². The number of aromatic nitrogens is 2. The Kier molecular flexibility index (Phi) is 6.18. The van der Waals surface area contributed by atoms with Crippen LogP contribution >= 0.6 is 0 Å². The summed E-state index contributed by atoms with van der Waals surface area (Å²) in [6.45, 7) is 2.07. The van der Waals surface area contributed by atoms with E-state index in [-0.39, 0.29) is 6.03 Å². The molecule has 2 aromatic heterocycles. The average molecular weight is 410 g/mol. The number of amides is 2. The van der Waals surface area contributed by atoms with Crippen LogP contribution < -0.4 is 15.4 Å². The van der Waals surface area contributed by atoms with E-state index in [1.165, 1.54) is 0 Å². The molecule has 4 aromatic rings. The minimum absolute atomic E-state index is 0.309. The molecular weight excluding hydrogens is 388 g/mol. The van der Waals surface area contributed by atoms with Crippen LogP contribution in [-0.2, 0) is 6.42 Å². The number of nitrogens with zero attached hydrogens (tertiary/aromatic N) is 2. The predicted molar refractivity (Wildman–Crippen MR) is 122 cm³/mol. The first-order valence-electron chi connectivity index (χ1n) is 10.0. The molecule has 0 atom stereocenters. The SMILES string of the molecule is CCc1cc(-c2cccnc2Oc2ccc(NC(=O)Nc3ccccc3)cc2)ccn1. The van der Waals surface area contributed by atoms with Crippen LogP contribution in [0.5, 0.6) is 11.6 Å². The van der Waals surface area contributed by atoms with Gasteiger partial charge < -0.3 is 15.4 Å². The van der Waals surface area contributed by atoms with Gasteiger partial charge in [0, 0.05) is 35.0 Å². The number of ether oxygens (including phenoxy) is 1. The van der Waals surface area contributed by atoms with Crippen molar-refractivity contribution in [2.24, 2.45) is 0 Å². The van der Waals surface area contributed by atoms with E-state index in [9.17, 15) is 4.79 Å². The number of benzene rings is 2. The van der Waals surface area contributed by atoms with Gasteiger partial charge in [-0.1, -0.05) is 25.1 Å². The average Bonchev–Trinajstić information content (AvgIpc) is 2.81. The number of hydrogen-bond donors (Lipinski definition) is 2. The molecule has 4 rings (SSSR count). The molecule has 0 aliphatic carbocycles. The third-order valence-corrected chi connectivity index (χ3v) is 4.62. The Balaban J connectivity index is 1.45. The Labute approximate surface area is 181 Å². The molecule has 0 bridgehead atoms. The molecule has 0 spiro atoms. The summed E-state index contributed by atoms with van der Waals surface area (Å²) in [4.78, 5) is 20.9. The molecule has 0 unspecified atom stereocenters. The molecule has 0 aliphatic rings.